The van der Waals surface area contributed by atoms with Crippen LogP contribution in [0, 0.1) is 0 Å². The molecule has 94 valence electrons. The van der Waals surface area contributed by atoms with Gasteiger partial charge in [-0.15, -0.1) is 0 Å². The lowest BCUT2D eigenvalue weighted by Gasteiger charge is -1.87. The van der Waals surface area contributed by atoms with Crippen LogP contribution in [0.1, 0.15) is 5.56 Å². The monoisotopic (exact) mass is 245 g/mol. The maximum absolute atomic E-state index is 10.3. The van der Waals surface area contributed by atoms with E-state index in [1.165, 1.54) is 6.08 Å². The highest BCUT2D eigenvalue weighted by molar-refractivity contribution is 5.86. The van der Waals surface area contributed by atoms with Gasteiger partial charge in [-0.1, -0.05) is 55.1 Å². The van der Waals surface area contributed by atoms with E-state index in [9.17, 15) is 9.59 Å². The second kappa shape index (κ2) is 9.59. The number of rotatable bonds is 4. The van der Waals surface area contributed by atoms with Gasteiger partial charge in [-0.05, 0) is 5.56 Å². The Bertz CT molecular complexity index is 447. The number of carboxylic acid groups (broad SMARTS) is 1. The summed E-state index contributed by atoms with van der Waals surface area (Å²) in [6.45, 7) is 2.96. The number of benzene rings is 1. The Labute approximate surface area is 106 Å². The number of primary amides is 1. The van der Waals surface area contributed by atoms with E-state index >= 15 is 0 Å². The van der Waals surface area contributed by atoms with E-state index in [0.29, 0.717) is 0 Å². The zero-order chi connectivity index (χ0) is 13.8. The third-order valence-corrected chi connectivity index (χ3v) is 1.63. The molecule has 0 aliphatic heterocycles. The molecule has 0 bridgehead atoms. The predicted octanol–water partition coefficient (Wildman–Crippen LogP) is 2.00. The van der Waals surface area contributed by atoms with Crippen LogP contribution in [0.4, 0.5) is 0 Å². The summed E-state index contributed by atoms with van der Waals surface area (Å²) in [5.74, 6) is -1.41. The van der Waals surface area contributed by atoms with E-state index in [1.807, 2.05) is 36.4 Å². The Balaban J connectivity index is 0.000000494. The normalized spacial score (nSPS) is 9.78. The Morgan fingerprint density at radius 1 is 1.17 bits per heavy atom. The van der Waals surface area contributed by atoms with Crippen LogP contribution in [0.2, 0.25) is 0 Å². The molecule has 0 aromatic heterocycles. The van der Waals surface area contributed by atoms with Crippen LogP contribution in [0.3, 0.4) is 0 Å². The third kappa shape index (κ3) is 9.92. The van der Waals surface area contributed by atoms with Gasteiger partial charge in [0.25, 0.3) is 0 Å². The number of hydrogen-bond donors (Lipinski definition) is 2. The molecule has 0 aliphatic rings. The Morgan fingerprint density at radius 2 is 1.72 bits per heavy atom. The van der Waals surface area contributed by atoms with Gasteiger partial charge in [-0.3, -0.25) is 4.79 Å². The lowest BCUT2D eigenvalue weighted by Crippen LogP contribution is -2.04. The molecular weight excluding hydrogens is 230 g/mol. The first-order chi connectivity index (χ1) is 8.56. The van der Waals surface area contributed by atoms with Crippen molar-refractivity contribution in [1.82, 2.24) is 0 Å². The number of carbonyl (C=O) groups is 2. The minimum absolute atomic E-state index is 0.433. The van der Waals surface area contributed by atoms with Crippen molar-refractivity contribution < 1.29 is 14.7 Å². The highest BCUT2D eigenvalue weighted by Crippen LogP contribution is 2.00. The van der Waals surface area contributed by atoms with Gasteiger partial charge in [-0.25, -0.2) is 4.79 Å². The van der Waals surface area contributed by atoms with Gasteiger partial charge in [0.1, 0.15) is 0 Å². The molecule has 0 saturated heterocycles. The number of carboxylic acids is 1. The van der Waals surface area contributed by atoms with E-state index in [1.54, 1.807) is 12.2 Å². The Morgan fingerprint density at radius 3 is 2.17 bits per heavy atom. The molecule has 1 aromatic carbocycles. The largest absolute Gasteiger partial charge is 0.478 e. The van der Waals surface area contributed by atoms with E-state index in [-0.39, 0.29) is 0 Å². The molecule has 4 heteroatoms. The van der Waals surface area contributed by atoms with Crippen LogP contribution in [-0.4, -0.2) is 17.0 Å². The average molecular weight is 245 g/mol. The summed E-state index contributed by atoms with van der Waals surface area (Å²) < 4.78 is 0. The van der Waals surface area contributed by atoms with Crippen molar-refractivity contribution in [2.75, 3.05) is 0 Å². The minimum atomic E-state index is -0.981. The second-order valence-electron chi connectivity index (χ2n) is 3.07. The van der Waals surface area contributed by atoms with Crippen LogP contribution in [0.25, 0.3) is 6.08 Å². The Hall–Kier alpha value is -2.62. The van der Waals surface area contributed by atoms with Gasteiger partial charge in [0, 0.05) is 12.2 Å². The highest BCUT2D eigenvalue weighted by Gasteiger charge is 1.81. The average Bonchev–Trinajstić information content (AvgIpc) is 2.36. The van der Waals surface area contributed by atoms with Crippen LogP contribution in [-0.2, 0) is 9.59 Å². The van der Waals surface area contributed by atoms with Gasteiger partial charge in [0.05, 0.1) is 0 Å². The van der Waals surface area contributed by atoms with Crippen molar-refractivity contribution in [3.05, 3.63) is 66.8 Å². The van der Waals surface area contributed by atoms with E-state index in [4.69, 9.17) is 10.8 Å². The van der Waals surface area contributed by atoms with Crippen molar-refractivity contribution >= 4 is 18.0 Å². The molecular formula is C14H15NO3. The van der Waals surface area contributed by atoms with Crippen LogP contribution in [0.15, 0.2) is 61.2 Å². The fourth-order valence-electron chi connectivity index (χ4n) is 0.881. The van der Waals surface area contributed by atoms with Crippen molar-refractivity contribution in [1.29, 1.82) is 0 Å². The second-order valence-corrected chi connectivity index (χ2v) is 3.07. The fourth-order valence-corrected chi connectivity index (χ4v) is 0.881. The lowest BCUT2D eigenvalue weighted by molar-refractivity contribution is -0.131. The topological polar surface area (TPSA) is 80.4 Å². The molecule has 1 amide bonds. The smallest absolute Gasteiger partial charge is 0.327 e. The molecule has 18 heavy (non-hydrogen) atoms. The molecule has 0 unspecified atom stereocenters. The molecule has 0 spiro atoms. The van der Waals surface area contributed by atoms with Crippen LogP contribution in [0.5, 0.6) is 0 Å². The van der Waals surface area contributed by atoms with Gasteiger partial charge in [-0.2, -0.15) is 0 Å². The van der Waals surface area contributed by atoms with Crippen molar-refractivity contribution in [2.24, 2.45) is 5.73 Å². The summed E-state index contributed by atoms with van der Waals surface area (Å²) in [6.07, 6.45) is 7.45. The van der Waals surface area contributed by atoms with Gasteiger partial charge in [0.2, 0.25) is 5.91 Å². The number of carbonyl (C=O) groups excluding carboxylic acids is 1. The van der Waals surface area contributed by atoms with Gasteiger partial charge in [0.15, 0.2) is 0 Å². The van der Waals surface area contributed by atoms with Crippen molar-refractivity contribution in [3.8, 4) is 0 Å². The standard InChI is InChI=1S/C11H11NO.C3H4O2/c12-11(13)9-5-4-8-10-6-2-1-3-7-10;1-2-3(4)5/h1-9H,(H2,12,13);2H,1H2,(H,4,5). The molecule has 0 atom stereocenters. The fraction of sp³-hybridized carbons (Fsp3) is 0. The molecule has 4 nitrogen and oxygen atoms in total. The predicted molar refractivity (Wildman–Crippen MR) is 71.6 cm³/mol. The summed E-state index contributed by atoms with van der Waals surface area (Å²) >= 11 is 0. The first-order valence-corrected chi connectivity index (χ1v) is 5.11. The molecule has 1 aromatic rings. The van der Waals surface area contributed by atoms with Crippen molar-refractivity contribution in [2.45, 2.75) is 0 Å². The van der Waals surface area contributed by atoms with E-state index < -0.39 is 11.9 Å². The molecule has 0 saturated carbocycles. The van der Waals surface area contributed by atoms with Crippen molar-refractivity contribution in [3.63, 3.8) is 0 Å². The summed E-state index contributed by atoms with van der Waals surface area (Å²) in [4.78, 5) is 19.6. The summed E-state index contributed by atoms with van der Waals surface area (Å²) in [7, 11) is 0. The number of nitrogens with two attached hydrogens (primary N) is 1. The number of hydrogen-bond acceptors (Lipinski definition) is 2. The highest BCUT2D eigenvalue weighted by atomic mass is 16.4. The maximum Gasteiger partial charge on any atom is 0.327 e. The molecule has 0 fully saturated rings. The first kappa shape index (κ1) is 15.4. The zero-order valence-corrected chi connectivity index (χ0v) is 9.82. The zero-order valence-electron chi connectivity index (χ0n) is 9.82. The van der Waals surface area contributed by atoms with Gasteiger partial charge >= 0.3 is 5.97 Å². The maximum atomic E-state index is 10.3. The molecule has 0 radical (unpaired) electrons. The summed E-state index contributed by atoms with van der Waals surface area (Å²) in [5.41, 5.74) is 6.01. The Kier molecular flexibility index (Phi) is 8.20. The number of amides is 1. The molecule has 0 heterocycles. The first-order valence-electron chi connectivity index (χ1n) is 5.11. The third-order valence-electron chi connectivity index (χ3n) is 1.63. The van der Waals surface area contributed by atoms with Gasteiger partial charge < -0.3 is 10.8 Å². The number of aliphatic carboxylic acids is 1. The van der Waals surface area contributed by atoms with E-state index in [0.717, 1.165) is 11.6 Å². The molecule has 0 aliphatic carbocycles. The quantitative estimate of drug-likeness (QED) is 0.628. The lowest BCUT2D eigenvalue weighted by atomic mass is 10.2. The molecule has 1 rings (SSSR count). The minimum Gasteiger partial charge on any atom is -0.478 e. The number of allylic oxidation sites excluding steroid dienone is 2. The summed E-state index contributed by atoms with van der Waals surface area (Å²) in [5, 5.41) is 7.60. The summed E-state index contributed by atoms with van der Waals surface area (Å²) in [6, 6.07) is 9.83. The van der Waals surface area contributed by atoms with Crippen LogP contribution < -0.4 is 5.73 Å². The van der Waals surface area contributed by atoms with Crippen LogP contribution >= 0.6 is 0 Å². The SMILES string of the molecule is C=CC(=O)O.NC(=O)C=CC=Cc1ccccc1. The molecule has 3 N–H and O–H groups in total. The van der Waals surface area contributed by atoms with E-state index in [2.05, 4.69) is 6.58 Å².